The van der Waals surface area contributed by atoms with Crippen molar-refractivity contribution in [3.8, 4) is 0 Å². The predicted molar refractivity (Wildman–Crippen MR) is 53.6 cm³/mol. The average molecular weight is 204 g/mol. The molecule has 4 nitrogen and oxygen atoms in total. The molecule has 0 aromatic heterocycles. The molecule has 0 bridgehead atoms. The molecule has 0 spiro atoms. The van der Waals surface area contributed by atoms with E-state index in [1.54, 1.807) is 0 Å². The maximum absolute atomic E-state index is 11.0. The summed E-state index contributed by atoms with van der Waals surface area (Å²) >= 11 is 1.92. The summed E-state index contributed by atoms with van der Waals surface area (Å²) in [4.78, 5) is 15.5. The van der Waals surface area contributed by atoms with Gasteiger partial charge in [-0.1, -0.05) is 0 Å². The first-order valence-corrected chi connectivity index (χ1v) is 5.36. The highest BCUT2D eigenvalue weighted by molar-refractivity contribution is 8.00. The number of carbonyl (C=O) groups excluding carboxylic acids is 1. The molecule has 2 amide bonds. The Labute approximate surface area is 82.7 Å². The summed E-state index contributed by atoms with van der Waals surface area (Å²) in [5, 5.41) is 2.77. The quantitative estimate of drug-likeness (QED) is 0.678. The number of rotatable bonds is 3. The highest BCUT2D eigenvalue weighted by Gasteiger charge is 2.29. The van der Waals surface area contributed by atoms with E-state index in [0.29, 0.717) is 6.54 Å². The summed E-state index contributed by atoms with van der Waals surface area (Å²) < 4.78 is 0.213. The van der Waals surface area contributed by atoms with E-state index in [-0.39, 0.29) is 10.8 Å². The topological polar surface area (TPSA) is 50.4 Å². The van der Waals surface area contributed by atoms with E-state index < -0.39 is 0 Å². The molecule has 1 atom stereocenters. The monoisotopic (exact) mass is 204 g/mol. The lowest BCUT2D eigenvalue weighted by Gasteiger charge is -2.22. The Morgan fingerprint density at radius 1 is 1.69 bits per heavy atom. The molecule has 1 unspecified atom stereocenters. The van der Waals surface area contributed by atoms with E-state index in [0.717, 1.165) is 0 Å². The third kappa shape index (κ3) is 3.44. The van der Waals surface area contributed by atoms with Gasteiger partial charge in [-0.25, -0.2) is 10.3 Å². The van der Waals surface area contributed by atoms with Crippen molar-refractivity contribution in [3.05, 3.63) is 0 Å². The van der Waals surface area contributed by atoms with Gasteiger partial charge in [0.15, 0.2) is 0 Å². The van der Waals surface area contributed by atoms with Crippen molar-refractivity contribution in [1.82, 2.24) is 10.8 Å². The van der Waals surface area contributed by atoms with Gasteiger partial charge in [0.2, 0.25) is 0 Å². The Morgan fingerprint density at radius 2 is 2.46 bits per heavy atom. The number of hydrogen-bond acceptors (Lipinski definition) is 3. The van der Waals surface area contributed by atoms with E-state index in [2.05, 4.69) is 22.6 Å². The molecular formula is C8H16N2O2S. The van der Waals surface area contributed by atoms with Gasteiger partial charge in [-0.15, -0.1) is 0 Å². The molecule has 76 valence electrons. The van der Waals surface area contributed by atoms with Crippen LogP contribution in [-0.2, 0) is 4.84 Å². The van der Waals surface area contributed by atoms with E-state index in [1.165, 1.54) is 25.7 Å². The molecule has 0 aliphatic carbocycles. The van der Waals surface area contributed by atoms with Gasteiger partial charge in [0, 0.05) is 11.3 Å². The molecule has 1 heterocycles. The minimum absolute atomic E-state index is 0.213. The Morgan fingerprint density at radius 3 is 3.00 bits per heavy atom. The number of hydroxylamine groups is 1. The smallest absolute Gasteiger partial charge is 0.335 e. The summed E-state index contributed by atoms with van der Waals surface area (Å²) in [6.45, 7) is 2.88. The van der Waals surface area contributed by atoms with Gasteiger partial charge in [0.1, 0.15) is 0 Å². The SMILES string of the molecule is CONC(=O)NCC1(C)CCCS1. The van der Waals surface area contributed by atoms with Gasteiger partial charge >= 0.3 is 6.03 Å². The Balaban J connectivity index is 2.21. The first-order valence-electron chi connectivity index (χ1n) is 4.37. The fourth-order valence-corrected chi connectivity index (χ4v) is 2.62. The third-order valence-electron chi connectivity index (χ3n) is 2.12. The third-order valence-corrected chi connectivity index (χ3v) is 3.66. The van der Waals surface area contributed by atoms with Crippen LogP contribution in [0, 0.1) is 0 Å². The van der Waals surface area contributed by atoms with Crippen molar-refractivity contribution in [2.75, 3.05) is 19.4 Å². The van der Waals surface area contributed by atoms with Crippen LogP contribution in [-0.4, -0.2) is 30.2 Å². The van der Waals surface area contributed by atoms with Crippen molar-refractivity contribution >= 4 is 17.8 Å². The first-order chi connectivity index (χ1) is 6.16. The van der Waals surface area contributed by atoms with Gasteiger partial charge in [-0.05, 0) is 25.5 Å². The first kappa shape index (κ1) is 10.7. The summed E-state index contributed by atoms with van der Waals surface area (Å²) in [6, 6.07) is -0.267. The zero-order valence-electron chi connectivity index (χ0n) is 8.05. The Hall–Kier alpha value is -0.420. The van der Waals surface area contributed by atoms with Crippen LogP contribution in [0.3, 0.4) is 0 Å². The molecule has 0 saturated carbocycles. The number of amides is 2. The largest absolute Gasteiger partial charge is 0.338 e. The van der Waals surface area contributed by atoms with Crippen LogP contribution in [0.5, 0.6) is 0 Å². The van der Waals surface area contributed by atoms with Gasteiger partial charge < -0.3 is 5.32 Å². The van der Waals surface area contributed by atoms with E-state index in [9.17, 15) is 4.79 Å². The summed E-state index contributed by atoms with van der Waals surface area (Å²) in [5.41, 5.74) is 2.23. The molecular weight excluding hydrogens is 188 g/mol. The van der Waals surface area contributed by atoms with E-state index in [1.807, 2.05) is 11.8 Å². The maximum atomic E-state index is 11.0. The highest BCUT2D eigenvalue weighted by atomic mass is 32.2. The molecule has 13 heavy (non-hydrogen) atoms. The van der Waals surface area contributed by atoms with Crippen molar-refractivity contribution in [2.24, 2.45) is 0 Å². The summed E-state index contributed by atoms with van der Waals surface area (Å²) in [5.74, 6) is 1.20. The molecule has 0 aromatic carbocycles. The Bertz CT molecular complexity index is 181. The zero-order chi connectivity index (χ0) is 9.73. The van der Waals surface area contributed by atoms with Gasteiger partial charge in [-0.2, -0.15) is 11.8 Å². The molecule has 1 fully saturated rings. The lowest BCUT2D eigenvalue weighted by atomic mass is 10.1. The molecule has 1 saturated heterocycles. The minimum atomic E-state index is -0.267. The van der Waals surface area contributed by atoms with E-state index in [4.69, 9.17) is 0 Å². The van der Waals surface area contributed by atoms with Crippen LogP contribution in [0.25, 0.3) is 0 Å². The Kier molecular flexibility index (Phi) is 3.87. The summed E-state index contributed by atoms with van der Waals surface area (Å²) in [7, 11) is 1.42. The zero-order valence-corrected chi connectivity index (χ0v) is 8.87. The van der Waals surface area contributed by atoms with Crippen molar-refractivity contribution in [2.45, 2.75) is 24.5 Å². The standard InChI is InChI=1S/C8H16N2O2S/c1-8(4-3-5-13-8)6-9-7(11)10-12-2/h3-6H2,1-2H3,(H2,9,10,11). The van der Waals surface area contributed by atoms with Crippen LogP contribution < -0.4 is 10.8 Å². The minimum Gasteiger partial charge on any atom is -0.335 e. The van der Waals surface area contributed by atoms with Crippen LogP contribution in [0.4, 0.5) is 4.79 Å². The van der Waals surface area contributed by atoms with Crippen LogP contribution in [0.2, 0.25) is 0 Å². The molecule has 2 N–H and O–H groups in total. The number of nitrogens with one attached hydrogen (secondary N) is 2. The highest BCUT2D eigenvalue weighted by Crippen LogP contribution is 2.36. The fourth-order valence-electron chi connectivity index (χ4n) is 1.37. The number of urea groups is 1. The van der Waals surface area contributed by atoms with Crippen molar-refractivity contribution in [3.63, 3.8) is 0 Å². The molecule has 0 radical (unpaired) electrons. The number of hydrogen-bond donors (Lipinski definition) is 2. The lowest BCUT2D eigenvalue weighted by molar-refractivity contribution is 0.107. The molecule has 1 aliphatic rings. The molecule has 0 aromatic rings. The lowest BCUT2D eigenvalue weighted by Crippen LogP contribution is -2.42. The van der Waals surface area contributed by atoms with Crippen LogP contribution >= 0.6 is 11.8 Å². The molecule has 5 heteroatoms. The number of thioether (sulfide) groups is 1. The summed E-state index contributed by atoms with van der Waals surface area (Å²) in [6.07, 6.45) is 2.42. The normalized spacial score (nSPS) is 27.2. The van der Waals surface area contributed by atoms with Gasteiger partial charge in [0.05, 0.1) is 7.11 Å². The van der Waals surface area contributed by atoms with Crippen LogP contribution in [0.1, 0.15) is 19.8 Å². The van der Waals surface area contributed by atoms with E-state index >= 15 is 0 Å². The van der Waals surface area contributed by atoms with Crippen molar-refractivity contribution in [1.29, 1.82) is 0 Å². The average Bonchev–Trinajstić information content (AvgIpc) is 2.51. The van der Waals surface area contributed by atoms with Gasteiger partial charge in [-0.3, -0.25) is 4.84 Å². The maximum Gasteiger partial charge on any atom is 0.338 e. The molecule has 1 aliphatic heterocycles. The number of carbonyl (C=O) groups is 1. The predicted octanol–water partition coefficient (Wildman–Crippen LogP) is 1.13. The second-order valence-corrected chi connectivity index (χ2v) is 5.07. The van der Waals surface area contributed by atoms with Crippen LogP contribution in [0.15, 0.2) is 0 Å². The second-order valence-electron chi connectivity index (χ2n) is 3.39. The fraction of sp³-hybridized carbons (Fsp3) is 0.875. The molecule has 1 rings (SSSR count). The van der Waals surface area contributed by atoms with Gasteiger partial charge in [0.25, 0.3) is 0 Å². The second kappa shape index (κ2) is 4.72. The van der Waals surface area contributed by atoms with Crippen molar-refractivity contribution < 1.29 is 9.63 Å².